The van der Waals surface area contributed by atoms with Crippen LogP contribution in [-0.4, -0.2) is 16.9 Å². The molecule has 0 unspecified atom stereocenters. The fourth-order valence-corrected chi connectivity index (χ4v) is 3.47. The first-order valence-electron chi connectivity index (χ1n) is 9.94. The van der Waals surface area contributed by atoms with Crippen LogP contribution < -0.4 is 16.0 Å². The number of nitrogens with one attached hydrogen (secondary N) is 3. The molecule has 3 aromatic rings. The summed E-state index contributed by atoms with van der Waals surface area (Å²) in [5.74, 6) is -0.0885. The maximum absolute atomic E-state index is 12.5. The lowest BCUT2D eigenvalue weighted by Gasteiger charge is -2.11. The summed E-state index contributed by atoms with van der Waals surface area (Å²) >= 11 is 17.5. The van der Waals surface area contributed by atoms with Gasteiger partial charge in [0.15, 0.2) is 10.9 Å². The number of anilines is 2. The monoisotopic (exact) mass is 489 g/mol. The molecule has 3 rings (SSSR count). The Balaban J connectivity index is 1.60. The van der Waals surface area contributed by atoms with Crippen LogP contribution in [0.3, 0.4) is 0 Å². The van der Waals surface area contributed by atoms with Crippen molar-refractivity contribution < 1.29 is 14.0 Å². The molecule has 0 spiro atoms. The molecular weight excluding hydrogens is 469 g/mol. The Morgan fingerprint density at radius 3 is 2.47 bits per heavy atom. The number of hydrogen-bond donors (Lipinski definition) is 3. The molecule has 2 amide bonds. The van der Waals surface area contributed by atoms with Crippen molar-refractivity contribution in [1.29, 1.82) is 0 Å². The van der Waals surface area contributed by atoms with E-state index in [0.717, 1.165) is 12.8 Å². The predicted octanol–water partition coefficient (Wildman–Crippen LogP) is 6.51. The van der Waals surface area contributed by atoms with Gasteiger partial charge in [-0.2, -0.15) is 0 Å². The number of hydrogen-bond acceptors (Lipinski definition) is 4. The maximum Gasteiger partial charge on any atom is 0.293 e. The highest BCUT2D eigenvalue weighted by Crippen LogP contribution is 2.34. The van der Waals surface area contributed by atoms with E-state index in [-0.39, 0.29) is 16.8 Å². The van der Waals surface area contributed by atoms with Crippen LogP contribution in [0.15, 0.2) is 59.0 Å². The lowest BCUT2D eigenvalue weighted by molar-refractivity contribution is -0.116. The summed E-state index contributed by atoms with van der Waals surface area (Å²) in [4.78, 5) is 24.4. The highest BCUT2D eigenvalue weighted by Gasteiger charge is 2.16. The maximum atomic E-state index is 12.5. The Hall–Kier alpha value is -2.87. The van der Waals surface area contributed by atoms with Gasteiger partial charge in [0.25, 0.3) is 5.91 Å². The van der Waals surface area contributed by atoms with Gasteiger partial charge in [0.05, 0.1) is 10.0 Å². The van der Waals surface area contributed by atoms with Crippen molar-refractivity contribution in [1.82, 2.24) is 5.32 Å². The molecule has 0 aliphatic rings. The number of amides is 2. The van der Waals surface area contributed by atoms with Crippen LogP contribution in [0.25, 0.3) is 11.3 Å². The summed E-state index contributed by atoms with van der Waals surface area (Å²) in [7, 11) is 0. The van der Waals surface area contributed by atoms with Crippen LogP contribution in [0, 0.1) is 0 Å². The third-order valence-electron chi connectivity index (χ3n) is 4.44. The molecule has 0 aliphatic carbocycles. The Morgan fingerprint density at radius 2 is 1.72 bits per heavy atom. The molecule has 0 aliphatic heterocycles. The first-order valence-corrected chi connectivity index (χ1v) is 11.1. The molecular formula is C23H21Cl2N3O3S. The van der Waals surface area contributed by atoms with Gasteiger partial charge in [0, 0.05) is 23.4 Å². The van der Waals surface area contributed by atoms with Gasteiger partial charge in [-0.05, 0) is 61.1 Å². The molecule has 2 aromatic carbocycles. The van der Waals surface area contributed by atoms with Crippen molar-refractivity contribution in [2.75, 3.05) is 10.6 Å². The Morgan fingerprint density at radius 1 is 1.00 bits per heavy atom. The number of halogens is 2. The van der Waals surface area contributed by atoms with Crippen molar-refractivity contribution >= 4 is 63.7 Å². The van der Waals surface area contributed by atoms with E-state index in [0.29, 0.717) is 39.2 Å². The highest BCUT2D eigenvalue weighted by molar-refractivity contribution is 7.80. The SMILES string of the molecule is CCCCC(=O)Nc1cccc(NC(=S)NC(=O)c2ccc(-c3cccc(Cl)c3Cl)o2)c1. The molecule has 6 nitrogen and oxygen atoms in total. The van der Waals surface area contributed by atoms with Crippen LogP contribution in [0.2, 0.25) is 10.0 Å². The van der Waals surface area contributed by atoms with Gasteiger partial charge in [0.2, 0.25) is 5.91 Å². The van der Waals surface area contributed by atoms with Gasteiger partial charge in [-0.1, -0.05) is 48.7 Å². The van der Waals surface area contributed by atoms with Gasteiger partial charge in [-0.25, -0.2) is 0 Å². The van der Waals surface area contributed by atoms with E-state index < -0.39 is 5.91 Å². The Bertz CT molecular complexity index is 1150. The summed E-state index contributed by atoms with van der Waals surface area (Å²) in [6.07, 6.45) is 2.25. The second-order valence-corrected chi connectivity index (χ2v) is 8.10. The van der Waals surface area contributed by atoms with Crippen LogP contribution >= 0.6 is 35.4 Å². The minimum Gasteiger partial charge on any atom is -0.451 e. The molecule has 0 saturated carbocycles. The zero-order valence-corrected chi connectivity index (χ0v) is 19.5. The molecule has 1 heterocycles. The second kappa shape index (κ2) is 11.1. The zero-order chi connectivity index (χ0) is 23.1. The second-order valence-electron chi connectivity index (χ2n) is 6.91. The van der Waals surface area contributed by atoms with Crippen molar-refractivity contribution in [3.63, 3.8) is 0 Å². The standard InChI is InChI=1S/C23H21Cl2N3O3S/c1-2-3-10-20(29)26-14-6-4-7-15(13-14)27-23(32)28-22(30)19-12-11-18(31-19)16-8-5-9-17(24)21(16)25/h4-9,11-13H,2-3,10H2,1H3,(H,26,29)(H2,27,28,30,32). The van der Waals surface area contributed by atoms with Crippen LogP contribution in [0.1, 0.15) is 36.7 Å². The lowest BCUT2D eigenvalue weighted by atomic mass is 10.2. The van der Waals surface area contributed by atoms with Crippen LogP contribution in [-0.2, 0) is 4.79 Å². The largest absolute Gasteiger partial charge is 0.451 e. The number of thiocarbonyl (C=S) groups is 1. The number of furan rings is 1. The van der Waals surface area contributed by atoms with Crippen molar-refractivity contribution in [2.45, 2.75) is 26.2 Å². The smallest absolute Gasteiger partial charge is 0.293 e. The molecule has 9 heteroatoms. The molecule has 32 heavy (non-hydrogen) atoms. The fourth-order valence-electron chi connectivity index (χ4n) is 2.86. The topological polar surface area (TPSA) is 83.4 Å². The van der Waals surface area contributed by atoms with Crippen LogP contribution in [0.5, 0.6) is 0 Å². The third kappa shape index (κ3) is 6.32. The average molecular weight is 490 g/mol. The average Bonchev–Trinajstić information content (AvgIpc) is 3.24. The summed E-state index contributed by atoms with van der Waals surface area (Å²) in [5.41, 5.74) is 1.84. The first-order chi connectivity index (χ1) is 15.4. The molecule has 0 saturated heterocycles. The van der Waals surface area contributed by atoms with E-state index in [1.165, 1.54) is 6.07 Å². The van der Waals surface area contributed by atoms with Crippen molar-refractivity contribution in [2.24, 2.45) is 0 Å². The minimum absolute atomic E-state index is 0.0479. The predicted molar refractivity (Wildman–Crippen MR) is 132 cm³/mol. The van der Waals surface area contributed by atoms with Gasteiger partial charge in [0.1, 0.15) is 5.76 Å². The lowest BCUT2D eigenvalue weighted by Crippen LogP contribution is -2.33. The van der Waals surface area contributed by atoms with Crippen molar-refractivity contribution in [3.05, 3.63) is 70.4 Å². The molecule has 1 aromatic heterocycles. The minimum atomic E-state index is -0.518. The van der Waals surface area contributed by atoms with E-state index in [2.05, 4.69) is 16.0 Å². The fraction of sp³-hybridized carbons (Fsp3) is 0.174. The number of rotatable bonds is 7. The third-order valence-corrected chi connectivity index (χ3v) is 5.46. The zero-order valence-electron chi connectivity index (χ0n) is 17.2. The van der Waals surface area contributed by atoms with E-state index in [9.17, 15) is 9.59 Å². The molecule has 166 valence electrons. The molecule has 0 atom stereocenters. The molecule has 0 radical (unpaired) electrons. The number of carbonyl (C=O) groups excluding carboxylic acids is 2. The number of carbonyl (C=O) groups is 2. The molecule has 0 fully saturated rings. The number of benzene rings is 2. The van der Waals surface area contributed by atoms with E-state index in [1.807, 2.05) is 6.92 Å². The van der Waals surface area contributed by atoms with E-state index >= 15 is 0 Å². The van der Waals surface area contributed by atoms with Crippen LogP contribution in [0.4, 0.5) is 11.4 Å². The van der Waals surface area contributed by atoms with E-state index in [1.54, 1.807) is 48.5 Å². The van der Waals surface area contributed by atoms with Gasteiger partial charge in [-0.3, -0.25) is 14.9 Å². The van der Waals surface area contributed by atoms with Gasteiger partial charge >= 0.3 is 0 Å². The number of unbranched alkanes of at least 4 members (excludes halogenated alkanes) is 1. The van der Waals surface area contributed by atoms with E-state index in [4.69, 9.17) is 39.8 Å². The summed E-state index contributed by atoms with van der Waals surface area (Å²) in [5, 5.41) is 9.14. The summed E-state index contributed by atoms with van der Waals surface area (Å²) in [6, 6.07) is 15.4. The Kier molecular flexibility index (Phi) is 8.27. The van der Waals surface area contributed by atoms with Gasteiger partial charge in [-0.15, -0.1) is 0 Å². The van der Waals surface area contributed by atoms with Gasteiger partial charge < -0.3 is 15.1 Å². The summed E-state index contributed by atoms with van der Waals surface area (Å²) < 4.78 is 5.62. The Labute approximate surface area is 201 Å². The van der Waals surface area contributed by atoms with Crippen molar-refractivity contribution in [3.8, 4) is 11.3 Å². The highest BCUT2D eigenvalue weighted by atomic mass is 35.5. The quantitative estimate of drug-likeness (QED) is 0.329. The molecule has 0 bridgehead atoms. The normalized spacial score (nSPS) is 10.5. The first kappa shape index (κ1) is 23.8. The summed E-state index contributed by atoms with van der Waals surface area (Å²) in [6.45, 7) is 2.03. The molecule has 3 N–H and O–H groups in total.